The van der Waals surface area contributed by atoms with E-state index in [0.29, 0.717) is 55.5 Å². The standard InChI is InChI=1S/C29H35FN4O4/c1-5-38-28(36)25-24(32(4)29(37)31-26(25)21-11-9-20(10-12-21)19(2)3)18-33-13-15-34(16-14-33)27(35)22-7-6-8-23(30)17-22/h6-12,17,19,26H,5,13-16,18H2,1-4H3,(H,31,37). The molecule has 38 heavy (non-hydrogen) atoms. The number of rotatable bonds is 7. The van der Waals surface area contributed by atoms with Crippen LogP contribution in [0.4, 0.5) is 9.18 Å². The zero-order valence-corrected chi connectivity index (χ0v) is 22.4. The monoisotopic (exact) mass is 522 g/mol. The van der Waals surface area contributed by atoms with Crippen molar-refractivity contribution in [3.8, 4) is 0 Å². The number of piperazine rings is 1. The number of esters is 1. The molecule has 2 aromatic rings. The van der Waals surface area contributed by atoms with Crippen LogP contribution in [0.5, 0.6) is 0 Å². The van der Waals surface area contributed by atoms with Gasteiger partial charge in [0.25, 0.3) is 5.91 Å². The second-order valence-electron chi connectivity index (χ2n) is 9.92. The average molecular weight is 523 g/mol. The van der Waals surface area contributed by atoms with Crippen LogP contribution in [-0.2, 0) is 9.53 Å². The van der Waals surface area contributed by atoms with E-state index in [-0.39, 0.29) is 18.5 Å². The highest BCUT2D eigenvalue weighted by atomic mass is 19.1. The number of likely N-dealkylation sites (N-methyl/N-ethyl adjacent to an activating group) is 1. The predicted octanol–water partition coefficient (Wildman–Crippen LogP) is 3.92. The second kappa shape index (κ2) is 11.8. The highest BCUT2D eigenvalue weighted by molar-refractivity contribution is 5.95. The van der Waals surface area contributed by atoms with Gasteiger partial charge in [0.2, 0.25) is 0 Å². The number of urea groups is 1. The van der Waals surface area contributed by atoms with Crippen LogP contribution in [0.2, 0.25) is 0 Å². The quantitative estimate of drug-likeness (QED) is 0.558. The van der Waals surface area contributed by atoms with Crippen molar-refractivity contribution in [1.29, 1.82) is 0 Å². The summed E-state index contributed by atoms with van der Waals surface area (Å²) in [5, 5.41) is 2.96. The fourth-order valence-electron chi connectivity index (χ4n) is 4.85. The maximum Gasteiger partial charge on any atom is 0.338 e. The molecule has 1 N–H and O–H groups in total. The molecule has 2 aliphatic rings. The van der Waals surface area contributed by atoms with Crippen LogP contribution < -0.4 is 5.32 Å². The fraction of sp³-hybridized carbons (Fsp3) is 0.414. The Hall–Kier alpha value is -3.72. The van der Waals surface area contributed by atoms with Crippen LogP contribution in [0.1, 0.15) is 54.2 Å². The van der Waals surface area contributed by atoms with Gasteiger partial charge in [0.05, 0.1) is 18.2 Å². The van der Waals surface area contributed by atoms with E-state index in [9.17, 15) is 18.8 Å². The van der Waals surface area contributed by atoms with Crippen LogP contribution >= 0.6 is 0 Å². The molecule has 0 spiro atoms. The summed E-state index contributed by atoms with van der Waals surface area (Å²) in [7, 11) is 1.64. The Kier molecular flexibility index (Phi) is 8.46. The molecule has 2 aromatic carbocycles. The molecule has 1 atom stereocenters. The molecule has 8 nitrogen and oxygen atoms in total. The predicted molar refractivity (Wildman–Crippen MR) is 142 cm³/mol. The summed E-state index contributed by atoms with van der Waals surface area (Å²) in [6, 6.07) is 12.7. The minimum Gasteiger partial charge on any atom is -0.463 e. The van der Waals surface area contributed by atoms with Crippen molar-refractivity contribution in [2.75, 3.05) is 46.4 Å². The summed E-state index contributed by atoms with van der Waals surface area (Å²) in [6.07, 6.45) is 0. The number of hydrogen-bond acceptors (Lipinski definition) is 5. The highest BCUT2D eigenvalue weighted by Gasteiger charge is 2.37. The van der Waals surface area contributed by atoms with E-state index in [1.165, 1.54) is 28.7 Å². The first-order valence-electron chi connectivity index (χ1n) is 13.0. The number of benzene rings is 2. The van der Waals surface area contributed by atoms with Crippen LogP contribution in [-0.4, -0.2) is 79.0 Å². The normalized spacial score (nSPS) is 18.6. The third-order valence-electron chi connectivity index (χ3n) is 7.11. The Morgan fingerprint density at radius 1 is 1.08 bits per heavy atom. The molecule has 1 unspecified atom stereocenters. The van der Waals surface area contributed by atoms with Crippen molar-refractivity contribution < 1.29 is 23.5 Å². The lowest BCUT2D eigenvalue weighted by Crippen LogP contribution is -2.53. The van der Waals surface area contributed by atoms with E-state index < -0.39 is 17.8 Å². The van der Waals surface area contributed by atoms with Crippen LogP contribution in [0.3, 0.4) is 0 Å². The SMILES string of the molecule is CCOC(=O)C1=C(CN2CCN(C(=O)c3cccc(F)c3)CC2)N(C)C(=O)NC1c1ccc(C(C)C)cc1. The van der Waals surface area contributed by atoms with Crippen molar-refractivity contribution in [2.45, 2.75) is 32.7 Å². The van der Waals surface area contributed by atoms with Gasteiger partial charge in [-0.1, -0.05) is 44.2 Å². The van der Waals surface area contributed by atoms with E-state index in [0.717, 1.165) is 5.56 Å². The fourth-order valence-corrected chi connectivity index (χ4v) is 4.85. The van der Waals surface area contributed by atoms with E-state index in [1.54, 1.807) is 24.9 Å². The first-order valence-corrected chi connectivity index (χ1v) is 13.0. The number of hydrogen-bond donors (Lipinski definition) is 1. The molecule has 0 radical (unpaired) electrons. The molecular formula is C29H35FN4O4. The molecule has 9 heteroatoms. The summed E-state index contributed by atoms with van der Waals surface area (Å²) in [5.74, 6) is -0.764. The van der Waals surface area contributed by atoms with Gasteiger partial charge in [-0.05, 0) is 42.2 Å². The Labute approximate surface area is 223 Å². The Morgan fingerprint density at radius 2 is 1.76 bits per heavy atom. The summed E-state index contributed by atoms with van der Waals surface area (Å²) in [6.45, 7) is 8.53. The molecule has 1 saturated heterocycles. The van der Waals surface area contributed by atoms with Gasteiger partial charge in [-0.2, -0.15) is 0 Å². The topological polar surface area (TPSA) is 82.2 Å². The number of nitrogens with zero attached hydrogens (tertiary/aromatic N) is 3. The Bertz CT molecular complexity index is 1220. The number of carbonyl (C=O) groups excluding carboxylic acids is 3. The number of nitrogens with one attached hydrogen (secondary N) is 1. The smallest absolute Gasteiger partial charge is 0.338 e. The van der Waals surface area contributed by atoms with Gasteiger partial charge in [0, 0.05) is 51.0 Å². The lowest BCUT2D eigenvalue weighted by molar-refractivity contribution is -0.139. The summed E-state index contributed by atoms with van der Waals surface area (Å²) >= 11 is 0. The number of carbonyl (C=O) groups is 3. The van der Waals surface area contributed by atoms with Crippen molar-refractivity contribution in [1.82, 2.24) is 20.0 Å². The maximum atomic E-state index is 13.6. The second-order valence-corrected chi connectivity index (χ2v) is 9.92. The maximum absolute atomic E-state index is 13.6. The summed E-state index contributed by atoms with van der Waals surface area (Å²) < 4.78 is 19.0. The third-order valence-corrected chi connectivity index (χ3v) is 7.11. The number of halogens is 1. The third kappa shape index (κ3) is 5.88. The summed E-state index contributed by atoms with van der Waals surface area (Å²) in [5.41, 5.74) is 3.28. The largest absolute Gasteiger partial charge is 0.463 e. The number of amides is 3. The first-order chi connectivity index (χ1) is 18.2. The lowest BCUT2D eigenvalue weighted by Gasteiger charge is -2.39. The molecule has 0 aromatic heterocycles. The van der Waals surface area contributed by atoms with Crippen molar-refractivity contribution >= 4 is 17.9 Å². The minimum atomic E-state index is -0.634. The van der Waals surface area contributed by atoms with E-state index in [4.69, 9.17) is 4.74 Å². The van der Waals surface area contributed by atoms with Crippen LogP contribution in [0, 0.1) is 5.82 Å². The van der Waals surface area contributed by atoms with Gasteiger partial charge >= 0.3 is 12.0 Å². The van der Waals surface area contributed by atoms with Crippen molar-refractivity contribution in [2.24, 2.45) is 0 Å². The molecule has 2 aliphatic heterocycles. The molecule has 0 aliphatic carbocycles. The summed E-state index contributed by atoms with van der Waals surface area (Å²) in [4.78, 5) is 44.3. The molecule has 4 rings (SSSR count). The van der Waals surface area contributed by atoms with E-state index in [2.05, 4.69) is 24.1 Å². The zero-order chi connectivity index (χ0) is 27.4. The van der Waals surface area contributed by atoms with Crippen molar-refractivity contribution in [3.63, 3.8) is 0 Å². The van der Waals surface area contributed by atoms with Gasteiger partial charge < -0.3 is 15.0 Å². The van der Waals surface area contributed by atoms with Gasteiger partial charge in [-0.25, -0.2) is 14.0 Å². The van der Waals surface area contributed by atoms with Gasteiger partial charge in [-0.3, -0.25) is 14.6 Å². The van der Waals surface area contributed by atoms with Gasteiger partial charge in [0.1, 0.15) is 5.82 Å². The molecule has 1 fully saturated rings. The molecule has 3 amide bonds. The zero-order valence-electron chi connectivity index (χ0n) is 22.4. The first kappa shape index (κ1) is 27.3. The molecule has 202 valence electrons. The molecule has 2 heterocycles. The molecular weight excluding hydrogens is 487 g/mol. The molecule has 0 saturated carbocycles. The van der Waals surface area contributed by atoms with Gasteiger partial charge in [0.15, 0.2) is 0 Å². The molecule has 0 bridgehead atoms. The van der Waals surface area contributed by atoms with Gasteiger partial charge in [-0.15, -0.1) is 0 Å². The van der Waals surface area contributed by atoms with Crippen molar-refractivity contribution in [3.05, 3.63) is 82.3 Å². The highest BCUT2D eigenvalue weighted by Crippen LogP contribution is 2.32. The lowest BCUT2D eigenvalue weighted by atomic mass is 9.92. The van der Waals surface area contributed by atoms with Crippen LogP contribution in [0.25, 0.3) is 0 Å². The number of ether oxygens (including phenoxy) is 1. The Morgan fingerprint density at radius 3 is 2.37 bits per heavy atom. The minimum absolute atomic E-state index is 0.213. The van der Waals surface area contributed by atoms with E-state index >= 15 is 0 Å². The van der Waals surface area contributed by atoms with E-state index in [1.807, 2.05) is 24.3 Å². The Balaban J connectivity index is 1.57. The van der Waals surface area contributed by atoms with Crippen LogP contribution in [0.15, 0.2) is 59.8 Å². The average Bonchev–Trinajstić information content (AvgIpc) is 2.91.